The Hall–Kier alpha value is -2.46. The molecule has 0 aliphatic carbocycles. The smallest absolute Gasteiger partial charge is 0.251 e. The molecule has 178 valence electrons. The van der Waals surface area contributed by atoms with E-state index in [9.17, 15) is 18.0 Å². The summed E-state index contributed by atoms with van der Waals surface area (Å²) in [5.41, 5.74) is 1.94. The molecule has 1 fully saturated rings. The highest BCUT2D eigenvalue weighted by atomic mass is 35.5. The molecular formula is C23H28ClN3O5S. The van der Waals surface area contributed by atoms with Crippen LogP contribution in [0.15, 0.2) is 48.5 Å². The largest absolute Gasteiger partial charge is 0.379 e. The molecular weight excluding hydrogens is 466 g/mol. The fourth-order valence-corrected chi connectivity index (χ4v) is 5.11. The van der Waals surface area contributed by atoms with Crippen LogP contribution in [0.3, 0.4) is 0 Å². The first-order valence-corrected chi connectivity index (χ1v) is 12.8. The molecule has 0 spiro atoms. The van der Waals surface area contributed by atoms with Crippen LogP contribution >= 0.6 is 11.6 Å². The monoisotopic (exact) mass is 493 g/mol. The third-order valence-electron chi connectivity index (χ3n) is 5.27. The summed E-state index contributed by atoms with van der Waals surface area (Å²) in [6, 6.07) is 13.8. The highest BCUT2D eigenvalue weighted by Crippen LogP contribution is 2.17. The van der Waals surface area contributed by atoms with Gasteiger partial charge in [-0.25, -0.2) is 8.42 Å². The summed E-state index contributed by atoms with van der Waals surface area (Å²) in [6.07, 6.45) is 0.730. The third kappa shape index (κ3) is 7.82. The van der Waals surface area contributed by atoms with Crippen LogP contribution in [-0.2, 0) is 31.9 Å². The number of hydrogen-bond acceptors (Lipinski definition) is 5. The molecule has 0 bridgehead atoms. The number of sulfonamides is 1. The van der Waals surface area contributed by atoms with Gasteiger partial charge in [-0.05, 0) is 41.8 Å². The maximum absolute atomic E-state index is 12.7. The first-order chi connectivity index (χ1) is 15.8. The van der Waals surface area contributed by atoms with Gasteiger partial charge in [0.1, 0.15) is 0 Å². The molecule has 10 heteroatoms. The van der Waals surface area contributed by atoms with Gasteiger partial charge in [0.15, 0.2) is 0 Å². The molecule has 2 aromatic rings. The predicted molar refractivity (Wildman–Crippen MR) is 126 cm³/mol. The first kappa shape index (κ1) is 25.2. The Labute approximate surface area is 199 Å². The minimum Gasteiger partial charge on any atom is -0.379 e. The SMILES string of the molecule is O=C(CCCNC(=O)c1ccc(Cl)cc1)NCc1ccccc1CS(=O)(=O)N1CCOCC1. The van der Waals surface area contributed by atoms with Gasteiger partial charge in [0.25, 0.3) is 5.91 Å². The zero-order valence-electron chi connectivity index (χ0n) is 18.3. The number of benzene rings is 2. The Bertz CT molecular complexity index is 1050. The average molecular weight is 494 g/mol. The number of morpholine rings is 1. The molecule has 3 rings (SSSR count). The number of amides is 2. The zero-order valence-corrected chi connectivity index (χ0v) is 19.8. The molecule has 2 aromatic carbocycles. The number of nitrogens with zero attached hydrogens (tertiary/aromatic N) is 1. The fraction of sp³-hybridized carbons (Fsp3) is 0.391. The van der Waals surface area contributed by atoms with E-state index < -0.39 is 10.0 Å². The Morgan fingerprint density at radius 3 is 2.33 bits per heavy atom. The lowest BCUT2D eigenvalue weighted by Crippen LogP contribution is -2.41. The highest BCUT2D eigenvalue weighted by Gasteiger charge is 2.25. The minimum absolute atomic E-state index is 0.115. The Morgan fingerprint density at radius 1 is 0.970 bits per heavy atom. The van der Waals surface area contributed by atoms with E-state index in [0.29, 0.717) is 55.4 Å². The minimum atomic E-state index is -3.46. The molecule has 2 N–H and O–H groups in total. The summed E-state index contributed by atoms with van der Waals surface area (Å²) in [6.45, 7) is 2.12. The average Bonchev–Trinajstić information content (AvgIpc) is 2.82. The lowest BCUT2D eigenvalue weighted by molar-refractivity contribution is -0.121. The van der Waals surface area contributed by atoms with Crippen LogP contribution in [0.2, 0.25) is 5.02 Å². The van der Waals surface area contributed by atoms with Crippen molar-refractivity contribution >= 4 is 33.4 Å². The fourth-order valence-electron chi connectivity index (χ4n) is 3.42. The van der Waals surface area contributed by atoms with Crippen molar-refractivity contribution in [2.75, 3.05) is 32.8 Å². The molecule has 8 nitrogen and oxygen atoms in total. The van der Waals surface area contributed by atoms with Crippen molar-refractivity contribution in [2.45, 2.75) is 25.1 Å². The van der Waals surface area contributed by atoms with Crippen LogP contribution in [0.5, 0.6) is 0 Å². The van der Waals surface area contributed by atoms with Gasteiger partial charge in [-0.15, -0.1) is 0 Å². The van der Waals surface area contributed by atoms with Gasteiger partial charge in [-0.2, -0.15) is 4.31 Å². The molecule has 2 amide bonds. The second kappa shape index (κ2) is 12.1. The van der Waals surface area contributed by atoms with Gasteiger partial charge in [0, 0.05) is 43.2 Å². The predicted octanol–water partition coefficient (Wildman–Crippen LogP) is 2.33. The van der Waals surface area contributed by atoms with Gasteiger partial charge in [-0.3, -0.25) is 9.59 Å². The number of rotatable bonds is 10. The van der Waals surface area contributed by atoms with Gasteiger partial charge in [-0.1, -0.05) is 35.9 Å². The summed E-state index contributed by atoms with van der Waals surface area (Å²) in [7, 11) is -3.46. The topological polar surface area (TPSA) is 105 Å². The summed E-state index contributed by atoms with van der Waals surface area (Å²) >= 11 is 5.82. The normalized spacial score (nSPS) is 14.6. The Balaban J connectivity index is 1.43. The molecule has 0 saturated carbocycles. The number of nitrogens with one attached hydrogen (secondary N) is 2. The van der Waals surface area contributed by atoms with Crippen LogP contribution in [0, 0.1) is 0 Å². The number of hydrogen-bond donors (Lipinski definition) is 2. The summed E-state index contributed by atoms with van der Waals surface area (Å²) in [5.74, 6) is -0.500. The van der Waals surface area contributed by atoms with E-state index >= 15 is 0 Å². The van der Waals surface area contributed by atoms with Crippen LogP contribution in [0.25, 0.3) is 0 Å². The molecule has 0 unspecified atom stereocenters. The van der Waals surface area contributed by atoms with Crippen molar-refractivity contribution in [3.63, 3.8) is 0 Å². The molecule has 33 heavy (non-hydrogen) atoms. The lowest BCUT2D eigenvalue weighted by Gasteiger charge is -2.26. The maximum Gasteiger partial charge on any atom is 0.251 e. The van der Waals surface area contributed by atoms with Crippen LogP contribution in [0.4, 0.5) is 0 Å². The van der Waals surface area contributed by atoms with E-state index in [0.717, 1.165) is 5.56 Å². The third-order valence-corrected chi connectivity index (χ3v) is 7.35. The summed E-state index contributed by atoms with van der Waals surface area (Å²) < 4.78 is 32.2. The van der Waals surface area contributed by atoms with Crippen molar-refractivity contribution in [1.29, 1.82) is 0 Å². The van der Waals surface area contributed by atoms with Crippen molar-refractivity contribution in [3.05, 3.63) is 70.2 Å². The molecule has 0 aromatic heterocycles. The van der Waals surface area contributed by atoms with Gasteiger partial charge in [0.05, 0.1) is 19.0 Å². The Morgan fingerprint density at radius 2 is 1.64 bits per heavy atom. The highest BCUT2D eigenvalue weighted by molar-refractivity contribution is 7.88. The van der Waals surface area contributed by atoms with E-state index in [-0.39, 0.29) is 30.5 Å². The molecule has 1 saturated heterocycles. The number of carbonyl (C=O) groups is 2. The van der Waals surface area contributed by atoms with E-state index in [1.54, 1.807) is 36.4 Å². The maximum atomic E-state index is 12.7. The molecule has 0 radical (unpaired) electrons. The van der Waals surface area contributed by atoms with Gasteiger partial charge < -0.3 is 15.4 Å². The van der Waals surface area contributed by atoms with Gasteiger partial charge in [0.2, 0.25) is 15.9 Å². The Kier molecular flexibility index (Phi) is 9.25. The quantitative estimate of drug-likeness (QED) is 0.494. The van der Waals surface area contributed by atoms with Crippen LogP contribution in [0.1, 0.15) is 34.3 Å². The molecule has 1 aliphatic rings. The van der Waals surface area contributed by atoms with Crippen LogP contribution < -0.4 is 10.6 Å². The number of ether oxygens (including phenoxy) is 1. The van der Waals surface area contributed by atoms with E-state index in [1.165, 1.54) is 4.31 Å². The van der Waals surface area contributed by atoms with Crippen molar-refractivity contribution in [2.24, 2.45) is 0 Å². The molecule has 1 aliphatic heterocycles. The van der Waals surface area contributed by atoms with Crippen molar-refractivity contribution in [3.8, 4) is 0 Å². The lowest BCUT2D eigenvalue weighted by atomic mass is 10.1. The first-order valence-electron chi connectivity index (χ1n) is 10.8. The number of carbonyl (C=O) groups excluding carboxylic acids is 2. The van der Waals surface area contributed by atoms with E-state index in [4.69, 9.17) is 16.3 Å². The second-order valence-electron chi connectivity index (χ2n) is 7.68. The van der Waals surface area contributed by atoms with E-state index in [2.05, 4.69) is 10.6 Å². The molecule has 0 atom stereocenters. The van der Waals surface area contributed by atoms with Crippen molar-refractivity contribution < 1.29 is 22.7 Å². The van der Waals surface area contributed by atoms with Crippen molar-refractivity contribution in [1.82, 2.24) is 14.9 Å². The van der Waals surface area contributed by atoms with Gasteiger partial charge >= 0.3 is 0 Å². The van der Waals surface area contributed by atoms with Crippen LogP contribution in [-0.4, -0.2) is 57.4 Å². The summed E-state index contributed by atoms with van der Waals surface area (Å²) in [5, 5.41) is 6.17. The summed E-state index contributed by atoms with van der Waals surface area (Å²) in [4.78, 5) is 24.3. The standard InChI is InChI=1S/C23H28ClN3O5S/c24-21-9-7-18(8-10-21)23(29)25-11-3-6-22(28)26-16-19-4-1-2-5-20(19)17-33(30,31)27-12-14-32-15-13-27/h1-2,4-5,7-10H,3,6,11-17H2,(H,25,29)(H,26,28). The van der Waals surface area contributed by atoms with E-state index in [1.807, 2.05) is 12.1 Å². The zero-order chi connectivity index (χ0) is 23.7. The molecule has 1 heterocycles. The number of halogens is 1. The second-order valence-corrected chi connectivity index (χ2v) is 10.1.